The molecule has 2 heterocycles. The summed E-state index contributed by atoms with van der Waals surface area (Å²) in [5, 5.41) is 18.0. The van der Waals surface area contributed by atoms with E-state index in [4.69, 9.17) is 10.2 Å². The van der Waals surface area contributed by atoms with Gasteiger partial charge < -0.3 is 15.5 Å². The fourth-order valence-corrected chi connectivity index (χ4v) is 4.49. The van der Waals surface area contributed by atoms with Crippen LogP contribution in [0.5, 0.6) is 0 Å². The highest BCUT2D eigenvalue weighted by Gasteiger charge is 2.38. The van der Waals surface area contributed by atoms with Gasteiger partial charge in [0.15, 0.2) is 0 Å². The highest BCUT2D eigenvalue weighted by Crippen LogP contribution is 2.38. The number of rotatable bonds is 5. The number of carboxylic acid groups (broad SMARTS) is 2. The van der Waals surface area contributed by atoms with Gasteiger partial charge in [-0.3, -0.25) is 14.7 Å². The summed E-state index contributed by atoms with van der Waals surface area (Å²) < 4.78 is 78.4. The normalized spacial score (nSPS) is 19.5. The predicted molar refractivity (Wildman–Crippen MR) is 126 cm³/mol. The summed E-state index contributed by atoms with van der Waals surface area (Å²) in [6.07, 6.45) is -5.31. The van der Waals surface area contributed by atoms with Crippen molar-refractivity contribution in [3.05, 3.63) is 58.0 Å². The Morgan fingerprint density at radius 1 is 1.08 bits per heavy atom. The number of aliphatic imine (C=N–C) groups is 1. The van der Waals surface area contributed by atoms with Crippen molar-refractivity contribution >= 4 is 34.8 Å². The van der Waals surface area contributed by atoms with Gasteiger partial charge in [-0.05, 0) is 61.3 Å². The van der Waals surface area contributed by atoms with Crippen LogP contribution in [0, 0.1) is 5.92 Å². The number of nitrogens with zero attached hydrogens (tertiary/aromatic N) is 2. The highest BCUT2D eigenvalue weighted by atomic mass is 32.2. The monoisotopic (exact) mass is 567 g/mol. The Balaban J connectivity index is 0.000000550. The maximum absolute atomic E-state index is 13.3. The van der Waals surface area contributed by atoms with Gasteiger partial charge in [-0.1, -0.05) is 12.1 Å². The topological polar surface area (TPSA) is 119 Å². The zero-order valence-corrected chi connectivity index (χ0v) is 20.6. The molecule has 2 aliphatic rings. The first kappa shape index (κ1) is 30.9. The van der Waals surface area contributed by atoms with E-state index in [1.807, 2.05) is 6.08 Å². The minimum atomic E-state index is -4.87. The van der Waals surface area contributed by atoms with E-state index in [0.717, 1.165) is 22.7 Å². The van der Waals surface area contributed by atoms with Crippen molar-refractivity contribution in [1.29, 1.82) is 0 Å². The molecule has 0 atom stereocenters. The molecule has 2 saturated heterocycles. The van der Waals surface area contributed by atoms with E-state index in [2.05, 4.69) is 10.3 Å². The molecule has 0 aliphatic carbocycles. The minimum Gasteiger partial charge on any atom is -0.478 e. The van der Waals surface area contributed by atoms with E-state index in [9.17, 15) is 40.7 Å². The number of amidine groups is 1. The molecule has 1 amide bonds. The van der Waals surface area contributed by atoms with Crippen LogP contribution in [0.25, 0.3) is 0 Å². The summed E-state index contributed by atoms with van der Waals surface area (Å²) in [5.41, 5.74) is -2.74. The van der Waals surface area contributed by atoms with Gasteiger partial charge in [-0.15, -0.1) is 0 Å². The summed E-state index contributed by atoms with van der Waals surface area (Å²) in [6, 6.07) is 1.78. The number of carbonyl (C=O) groups is 3. The van der Waals surface area contributed by atoms with E-state index in [1.165, 1.54) is 0 Å². The number of thioether (sulfide) groups is 1. The molecule has 38 heavy (non-hydrogen) atoms. The van der Waals surface area contributed by atoms with Crippen LogP contribution in [-0.4, -0.2) is 58.3 Å². The number of likely N-dealkylation sites (tertiary alicyclic amines) is 1. The number of carbonyl (C=O) groups excluding carboxylic acids is 1. The molecule has 15 heteroatoms. The van der Waals surface area contributed by atoms with Crippen molar-refractivity contribution in [3.63, 3.8) is 0 Å². The first-order valence-corrected chi connectivity index (χ1v) is 11.7. The fourth-order valence-electron chi connectivity index (χ4n) is 3.64. The van der Waals surface area contributed by atoms with E-state index < -0.39 is 35.4 Å². The molecule has 0 spiro atoms. The van der Waals surface area contributed by atoms with Crippen LogP contribution < -0.4 is 5.32 Å². The van der Waals surface area contributed by atoms with Gasteiger partial charge in [0.2, 0.25) is 0 Å². The Morgan fingerprint density at radius 3 is 2.13 bits per heavy atom. The lowest BCUT2D eigenvalue weighted by atomic mass is 9.95. The average molecular weight is 568 g/mol. The SMILES string of the molecule is CN=C1NC(=O)SC1=CC1CCN(Cc2ccc(C(F)(F)F)cc2C(F)(F)F)CC1.O=C(O)C=CC(=O)O. The predicted octanol–water partition coefficient (Wildman–Crippen LogP) is 5.02. The first-order chi connectivity index (χ1) is 17.6. The average Bonchev–Trinajstić information content (AvgIpc) is 3.17. The minimum absolute atomic E-state index is 0.0767. The lowest BCUT2D eigenvalue weighted by Gasteiger charge is -2.31. The number of benzene rings is 1. The van der Waals surface area contributed by atoms with Crippen LogP contribution >= 0.6 is 11.8 Å². The second-order valence-corrected chi connectivity index (χ2v) is 9.12. The second kappa shape index (κ2) is 13.0. The van der Waals surface area contributed by atoms with Crippen molar-refractivity contribution in [2.24, 2.45) is 10.9 Å². The third-order valence-corrected chi connectivity index (χ3v) is 6.24. The summed E-state index contributed by atoms with van der Waals surface area (Å²) in [6.45, 7) is 0.918. The molecule has 0 unspecified atom stereocenters. The van der Waals surface area contributed by atoms with Crippen LogP contribution in [0.4, 0.5) is 31.1 Å². The van der Waals surface area contributed by atoms with Crippen molar-refractivity contribution < 1.29 is 50.9 Å². The van der Waals surface area contributed by atoms with Gasteiger partial charge in [0.1, 0.15) is 5.84 Å². The summed E-state index contributed by atoms with van der Waals surface area (Å²) in [5.74, 6) is -1.87. The van der Waals surface area contributed by atoms with Crippen molar-refractivity contribution in [2.75, 3.05) is 20.1 Å². The summed E-state index contributed by atoms with van der Waals surface area (Å²) in [7, 11) is 1.57. The highest BCUT2D eigenvalue weighted by molar-refractivity contribution is 8.18. The molecule has 1 aromatic carbocycles. The van der Waals surface area contributed by atoms with Gasteiger partial charge in [-0.2, -0.15) is 26.3 Å². The lowest BCUT2D eigenvalue weighted by molar-refractivity contribution is -0.143. The maximum Gasteiger partial charge on any atom is 0.416 e. The Kier molecular flexibility index (Phi) is 10.5. The van der Waals surface area contributed by atoms with E-state index in [1.54, 1.807) is 11.9 Å². The fraction of sp³-hybridized carbons (Fsp3) is 0.391. The summed E-state index contributed by atoms with van der Waals surface area (Å²) >= 11 is 1.05. The van der Waals surface area contributed by atoms with Crippen molar-refractivity contribution in [1.82, 2.24) is 10.2 Å². The van der Waals surface area contributed by atoms with E-state index >= 15 is 0 Å². The molecule has 1 aromatic rings. The number of hydrogen-bond acceptors (Lipinski definition) is 6. The van der Waals surface area contributed by atoms with Crippen LogP contribution in [0.2, 0.25) is 0 Å². The van der Waals surface area contributed by atoms with Crippen LogP contribution in [-0.2, 0) is 28.5 Å². The molecular weight excluding hydrogens is 544 g/mol. The number of amides is 1. The molecule has 0 aromatic heterocycles. The molecule has 3 N–H and O–H groups in total. The number of alkyl halides is 6. The quantitative estimate of drug-likeness (QED) is 0.338. The molecule has 2 fully saturated rings. The number of piperidine rings is 1. The number of carboxylic acids is 2. The number of hydrogen-bond donors (Lipinski definition) is 3. The number of allylic oxidation sites excluding steroid dienone is 1. The molecule has 0 saturated carbocycles. The van der Waals surface area contributed by atoms with E-state index in [0.29, 0.717) is 50.0 Å². The number of aliphatic carboxylic acids is 2. The van der Waals surface area contributed by atoms with Gasteiger partial charge in [0.25, 0.3) is 5.24 Å². The van der Waals surface area contributed by atoms with Crippen LogP contribution in [0.3, 0.4) is 0 Å². The molecule has 8 nitrogen and oxygen atoms in total. The smallest absolute Gasteiger partial charge is 0.416 e. The Morgan fingerprint density at radius 2 is 1.66 bits per heavy atom. The van der Waals surface area contributed by atoms with Gasteiger partial charge in [-0.25, -0.2) is 9.59 Å². The number of halogens is 6. The third kappa shape index (κ3) is 9.52. The van der Waals surface area contributed by atoms with Crippen molar-refractivity contribution in [3.8, 4) is 0 Å². The van der Waals surface area contributed by atoms with Crippen LogP contribution in [0.1, 0.15) is 29.5 Å². The van der Waals surface area contributed by atoms with Gasteiger partial charge in [0.05, 0.1) is 16.0 Å². The zero-order chi connectivity index (χ0) is 28.7. The molecular formula is C23H23F6N3O5S. The molecule has 2 aliphatic heterocycles. The molecule has 3 rings (SSSR count). The summed E-state index contributed by atoms with van der Waals surface area (Å²) in [4.78, 5) is 37.1. The Hall–Kier alpha value is -3.33. The largest absolute Gasteiger partial charge is 0.478 e. The second-order valence-electron chi connectivity index (χ2n) is 8.11. The number of nitrogens with one attached hydrogen (secondary N) is 1. The molecule has 208 valence electrons. The lowest BCUT2D eigenvalue weighted by Crippen LogP contribution is -2.33. The maximum atomic E-state index is 13.3. The van der Waals surface area contributed by atoms with Crippen molar-refractivity contribution in [2.45, 2.75) is 31.7 Å². The third-order valence-electron chi connectivity index (χ3n) is 5.40. The first-order valence-electron chi connectivity index (χ1n) is 10.9. The Labute approximate surface area is 217 Å². The van der Waals surface area contributed by atoms with Crippen LogP contribution in [0.15, 0.2) is 46.3 Å². The molecule has 0 bridgehead atoms. The standard InChI is InChI=1S/C19H19F6N3OS.C4H4O4/c1-26-16-15(30-17(29)27-16)8-11-4-6-28(7-5-11)10-12-2-3-13(18(20,21)22)9-14(12)19(23,24)25;5-3(6)1-2-4(7)8/h2-3,8-9,11H,4-7,10H2,1H3,(H,26,27,29);1-2H,(H,5,6)(H,7,8). The van der Waals surface area contributed by atoms with E-state index in [-0.39, 0.29) is 29.3 Å². The molecule has 0 radical (unpaired) electrons. The van der Waals surface area contributed by atoms with Gasteiger partial charge >= 0.3 is 24.3 Å². The Bertz CT molecular complexity index is 1120. The zero-order valence-electron chi connectivity index (χ0n) is 19.8. The van der Waals surface area contributed by atoms with Gasteiger partial charge in [0, 0.05) is 25.7 Å².